The lowest BCUT2D eigenvalue weighted by Crippen LogP contribution is -1.92. The first-order valence-electron chi connectivity index (χ1n) is 8.28. The zero-order chi connectivity index (χ0) is 17.1. The lowest BCUT2D eigenvalue weighted by molar-refractivity contribution is 0.391. The van der Waals surface area contributed by atoms with Crippen molar-refractivity contribution in [2.75, 3.05) is 7.11 Å². The molecule has 5 nitrogen and oxygen atoms in total. The number of nitrogens with one attached hydrogen (secondary N) is 1. The molecule has 0 amide bonds. The minimum Gasteiger partial charge on any atom is -0.496 e. The lowest BCUT2D eigenvalue weighted by Gasteiger charge is -2.10. The van der Waals surface area contributed by atoms with Crippen LogP contribution in [0.5, 0.6) is 5.75 Å². The van der Waals surface area contributed by atoms with E-state index in [4.69, 9.17) is 20.9 Å². The van der Waals surface area contributed by atoms with Crippen LogP contribution in [-0.4, -0.2) is 22.2 Å². The first kappa shape index (κ1) is 14.8. The number of benzene rings is 1. The molecule has 6 heteroatoms. The van der Waals surface area contributed by atoms with Crippen LogP contribution in [0.4, 0.5) is 0 Å². The summed E-state index contributed by atoms with van der Waals surface area (Å²) in [5.74, 6) is 2.09. The minimum atomic E-state index is 0.485. The molecular weight excluding hydrogens is 338 g/mol. The molecule has 0 saturated heterocycles. The number of ether oxygens (including phenoxy) is 1. The smallest absolute Gasteiger partial charge is 0.141 e. The van der Waals surface area contributed by atoms with Gasteiger partial charge >= 0.3 is 0 Å². The molecule has 4 aromatic rings. The molecule has 5 rings (SSSR count). The maximum Gasteiger partial charge on any atom is 0.141 e. The van der Waals surface area contributed by atoms with Gasteiger partial charge in [0.25, 0.3) is 0 Å². The molecule has 0 atom stereocenters. The molecule has 0 unspecified atom stereocenters. The number of rotatable bonds is 3. The lowest BCUT2D eigenvalue weighted by atomic mass is 9.99. The second-order valence-corrected chi connectivity index (χ2v) is 6.88. The van der Waals surface area contributed by atoms with Crippen molar-refractivity contribution in [3.63, 3.8) is 0 Å². The van der Waals surface area contributed by atoms with Crippen molar-refractivity contribution < 1.29 is 9.26 Å². The molecule has 3 aromatic heterocycles. The third-order valence-corrected chi connectivity index (χ3v) is 5.19. The highest BCUT2D eigenvalue weighted by Crippen LogP contribution is 2.47. The quantitative estimate of drug-likeness (QED) is 0.513. The van der Waals surface area contributed by atoms with Crippen LogP contribution in [0.25, 0.3) is 32.9 Å². The van der Waals surface area contributed by atoms with E-state index >= 15 is 0 Å². The molecule has 0 aliphatic heterocycles. The van der Waals surface area contributed by atoms with E-state index in [1.54, 1.807) is 13.3 Å². The number of H-pyrrole nitrogens is 1. The molecule has 1 saturated carbocycles. The fourth-order valence-corrected chi connectivity index (χ4v) is 3.81. The van der Waals surface area contributed by atoms with Crippen molar-refractivity contribution in [2.45, 2.75) is 25.7 Å². The maximum absolute atomic E-state index is 6.32. The maximum atomic E-state index is 6.32. The number of hydrogen-bond acceptors (Lipinski definition) is 4. The van der Waals surface area contributed by atoms with Crippen molar-refractivity contribution in [1.82, 2.24) is 15.1 Å². The van der Waals surface area contributed by atoms with Crippen LogP contribution in [0.2, 0.25) is 5.15 Å². The summed E-state index contributed by atoms with van der Waals surface area (Å²) in [7, 11) is 1.68. The average molecular weight is 354 g/mol. The number of aryl methyl sites for hydroxylation is 1. The summed E-state index contributed by atoms with van der Waals surface area (Å²) in [5, 5.41) is 6.69. The molecular formula is C19H16ClN3O2. The predicted molar refractivity (Wildman–Crippen MR) is 97.4 cm³/mol. The van der Waals surface area contributed by atoms with Gasteiger partial charge in [-0.25, -0.2) is 4.98 Å². The Morgan fingerprint density at radius 2 is 2.12 bits per heavy atom. The highest BCUT2D eigenvalue weighted by Gasteiger charge is 2.32. The van der Waals surface area contributed by atoms with E-state index in [9.17, 15) is 0 Å². The van der Waals surface area contributed by atoms with Gasteiger partial charge in [0.1, 0.15) is 16.7 Å². The van der Waals surface area contributed by atoms with E-state index < -0.39 is 0 Å². The van der Waals surface area contributed by atoms with E-state index in [-0.39, 0.29) is 0 Å². The van der Waals surface area contributed by atoms with Crippen LogP contribution in [0.15, 0.2) is 28.9 Å². The monoisotopic (exact) mass is 353 g/mol. The SMILES string of the molecule is COc1cc2c(cc1-c1c(C3CC3)noc1C)[nH]c1ccnc(Cl)c12. The Hall–Kier alpha value is -2.53. The normalized spacial score (nSPS) is 14.5. The number of hydrogen-bond donors (Lipinski definition) is 1. The number of pyridine rings is 1. The summed E-state index contributed by atoms with van der Waals surface area (Å²) in [4.78, 5) is 7.62. The van der Waals surface area contributed by atoms with Crippen molar-refractivity contribution in [3.05, 3.63) is 41.0 Å². The summed E-state index contributed by atoms with van der Waals surface area (Å²) < 4.78 is 11.2. The Bertz CT molecular complexity index is 1120. The van der Waals surface area contributed by atoms with Crippen LogP contribution < -0.4 is 4.74 Å². The number of aromatic amines is 1. The molecule has 25 heavy (non-hydrogen) atoms. The van der Waals surface area contributed by atoms with Gasteiger partial charge in [-0.3, -0.25) is 0 Å². The molecule has 0 spiro atoms. The van der Waals surface area contributed by atoms with Gasteiger partial charge in [-0.1, -0.05) is 16.8 Å². The van der Waals surface area contributed by atoms with Gasteiger partial charge in [0, 0.05) is 34.0 Å². The minimum absolute atomic E-state index is 0.485. The van der Waals surface area contributed by atoms with Crippen LogP contribution >= 0.6 is 11.6 Å². The van der Waals surface area contributed by atoms with Crippen molar-refractivity contribution in [1.29, 1.82) is 0 Å². The predicted octanol–water partition coefficient (Wildman–Crippen LogP) is 5.22. The number of aromatic nitrogens is 3. The molecule has 126 valence electrons. The van der Waals surface area contributed by atoms with Gasteiger partial charge < -0.3 is 14.2 Å². The van der Waals surface area contributed by atoms with Gasteiger partial charge in [0.05, 0.1) is 23.9 Å². The number of nitrogens with zero attached hydrogens (tertiary/aromatic N) is 2. The van der Waals surface area contributed by atoms with Gasteiger partial charge in [-0.05, 0) is 38.0 Å². The van der Waals surface area contributed by atoms with E-state index in [1.165, 1.54) is 0 Å². The second kappa shape index (κ2) is 5.23. The molecule has 1 aliphatic rings. The number of fused-ring (bicyclic) bond motifs is 3. The van der Waals surface area contributed by atoms with Gasteiger partial charge in [-0.15, -0.1) is 0 Å². The standard InChI is InChI=1S/C19H16ClN3O2/c1-9-16(18(23-25-9)10-3-4-10)12-7-14-11(8-15(12)24-2)17-13(22-14)5-6-21-19(17)20/h5-8,10,22H,3-4H2,1-2H3. The Labute approximate surface area is 148 Å². The number of methoxy groups -OCH3 is 1. The van der Waals surface area contributed by atoms with E-state index in [1.807, 2.05) is 19.1 Å². The van der Waals surface area contributed by atoms with Crippen LogP contribution in [-0.2, 0) is 0 Å². The topological polar surface area (TPSA) is 63.9 Å². The molecule has 0 radical (unpaired) electrons. The second-order valence-electron chi connectivity index (χ2n) is 6.52. The van der Waals surface area contributed by atoms with Gasteiger partial charge in [0.15, 0.2) is 0 Å². The Morgan fingerprint density at radius 1 is 1.28 bits per heavy atom. The fourth-order valence-electron chi connectivity index (χ4n) is 3.55. The zero-order valence-corrected chi connectivity index (χ0v) is 14.6. The summed E-state index contributed by atoms with van der Waals surface area (Å²) in [6.45, 7) is 1.95. The molecule has 3 heterocycles. The Kier molecular flexibility index (Phi) is 3.09. The average Bonchev–Trinajstić information content (AvgIpc) is 3.28. The molecule has 1 aromatic carbocycles. The molecule has 1 aliphatic carbocycles. The fraction of sp³-hybridized carbons (Fsp3) is 0.263. The van der Waals surface area contributed by atoms with E-state index in [2.05, 4.69) is 21.2 Å². The van der Waals surface area contributed by atoms with Crippen LogP contribution in [0.1, 0.15) is 30.2 Å². The molecule has 1 N–H and O–H groups in total. The highest BCUT2D eigenvalue weighted by atomic mass is 35.5. The zero-order valence-electron chi connectivity index (χ0n) is 13.9. The Balaban J connectivity index is 1.83. The first-order valence-corrected chi connectivity index (χ1v) is 8.65. The third-order valence-electron chi connectivity index (χ3n) is 4.91. The van der Waals surface area contributed by atoms with Gasteiger partial charge in [0.2, 0.25) is 0 Å². The summed E-state index contributed by atoms with van der Waals surface area (Å²) in [5.41, 5.74) is 5.02. The molecule has 1 fully saturated rings. The first-order chi connectivity index (χ1) is 12.2. The summed E-state index contributed by atoms with van der Waals surface area (Å²) in [6, 6.07) is 6.03. The molecule has 0 bridgehead atoms. The van der Waals surface area contributed by atoms with Crippen molar-refractivity contribution in [3.8, 4) is 16.9 Å². The largest absolute Gasteiger partial charge is 0.496 e. The van der Waals surface area contributed by atoms with E-state index in [0.29, 0.717) is 11.1 Å². The third kappa shape index (κ3) is 2.15. The van der Waals surface area contributed by atoms with Crippen LogP contribution in [0.3, 0.4) is 0 Å². The van der Waals surface area contributed by atoms with Crippen molar-refractivity contribution in [2.24, 2.45) is 0 Å². The highest BCUT2D eigenvalue weighted by molar-refractivity contribution is 6.36. The van der Waals surface area contributed by atoms with Crippen molar-refractivity contribution >= 4 is 33.4 Å². The Morgan fingerprint density at radius 3 is 2.88 bits per heavy atom. The van der Waals surface area contributed by atoms with Crippen LogP contribution in [0, 0.1) is 6.92 Å². The number of halogens is 1. The summed E-state index contributed by atoms with van der Waals surface area (Å²) in [6.07, 6.45) is 4.03. The summed E-state index contributed by atoms with van der Waals surface area (Å²) >= 11 is 6.32. The van der Waals surface area contributed by atoms with Gasteiger partial charge in [-0.2, -0.15) is 0 Å². The van der Waals surface area contributed by atoms with E-state index in [0.717, 1.165) is 63.0 Å².